The molecule has 184 valence electrons. The fourth-order valence-electron chi connectivity index (χ4n) is 5.41. The minimum atomic E-state index is 0.435. The van der Waals surface area contributed by atoms with Gasteiger partial charge in [-0.15, -0.1) is 0 Å². The maximum absolute atomic E-state index is 6.05. The Kier molecular flexibility index (Phi) is 5.88. The second-order valence-electron chi connectivity index (χ2n) is 10.3. The number of aromatic nitrogens is 3. The van der Waals surface area contributed by atoms with Crippen molar-refractivity contribution in [1.29, 1.82) is 0 Å². The summed E-state index contributed by atoms with van der Waals surface area (Å²) in [4.78, 5) is 9.32. The van der Waals surface area contributed by atoms with Crippen LogP contribution in [0.4, 0.5) is 0 Å². The average Bonchev–Trinajstić information content (AvgIpc) is 3.50. The third-order valence-electron chi connectivity index (χ3n) is 7.29. The summed E-state index contributed by atoms with van der Waals surface area (Å²) in [5.41, 5.74) is 10.4. The number of hydrogen-bond acceptors (Lipinski definition) is 3. The van der Waals surface area contributed by atoms with Crippen LogP contribution in [0.25, 0.3) is 44.5 Å². The van der Waals surface area contributed by atoms with Gasteiger partial charge >= 0.3 is 0 Å². The van der Waals surface area contributed by atoms with Crippen LogP contribution in [0.2, 0.25) is 0 Å². The molecule has 0 bridgehead atoms. The summed E-state index contributed by atoms with van der Waals surface area (Å²) in [5, 5.41) is 1.06. The van der Waals surface area contributed by atoms with Crippen molar-refractivity contribution in [2.45, 2.75) is 46.1 Å². The van der Waals surface area contributed by atoms with E-state index < -0.39 is 0 Å². The molecule has 0 N–H and O–H groups in total. The fourth-order valence-corrected chi connectivity index (χ4v) is 5.41. The largest absolute Gasteiger partial charge is 0.464 e. The van der Waals surface area contributed by atoms with E-state index in [9.17, 15) is 0 Å². The van der Waals surface area contributed by atoms with Crippen LogP contribution >= 0.6 is 0 Å². The van der Waals surface area contributed by atoms with Gasteiger partial charge in [0.2, 0.25) is 0 Å². The number of nitrogens with zero attached hydrogens (tertiary/aromatic N) is 3. The van der Waals surface area contributed by atoms with Gasteiger partial charge in [-0.1, -0.05) is 64.1 Å². The third-order valence-corrected chi connectivity index (χ3v) is 7.29. The highest BCUT2D eigenvalue weighted by Gasteiger charge is 2.21. The van der Waals surface area contributed by atoms with Gasteiger partial charge in [-0.2, -0.15) is 0 Å². The van der Waals surface area contributed by atoms with Gasteiger partial charge in [-0.3, -0.25) is 4.98 Å². The van der Waals surface area contributed by atoms with E-state index in [4.69, 9.17) is 9.40 Å². The molecule has 0 atom stereocenters. The van der Waals surface area contributed by atoms with Gasteiger partial charge in [0.05, 0.1) is 23.1 Å². The number of furan rings is 1. The lowest BCUT2D eigenvalue weighted by atomic mass is 9.88. The Hall–Kier alpha value is -4.18. The zero-order valence-electron chi connectivity index (χ0n) is 21.8. The summed E-state index contributed by atoms with van der Waals surface area (Å²) < 4.78 is 8.42. The zero-order valence-corrected chi connectivity index (χ0v) is 21.8. The predicted octanol–water partition coefficient (Wildman–Crippen LogP) is 8.81. The van der Waals surface area contributed by atoms with Crippen LogP contribution in [0, 0.1) is 0 Å². The lowest BCUT2D eigenvalue weighted by molar-refractivity contribution is 0.616. The van der Waals surface area contributed by atoms with Crippen molar-refractivity contribution in [3.63, 3.8) is 0 Å². The molecule has 0 aliphatic rings. The van der Waals surface area contributed by atoms with E-state index in [1.165, 1.54) is 16.7 Å². The van der Waals surface area contributed by atoms with Gasteiger partial charge in [0.15, 0.2) is 0 Å². The van der Waals surface area contributed by atoms with Gasteiger partial charge < -0.3 is 8.98 Å². The molecule has 3 heterocycles. The second kappa shape index (κ2) is 9.36. The normalized spacial score (nSPS) is 11.8. The molecule has 0 aliphatic heterocycles. The predicted molar refractivity (Wildman–Crippen MR) is 152 cm³/mol. The maximum atomic E-state index is 6.05. The molecule has 0 saturated carbocycles. The summed E-state index contributed by atoms with van der Waals surface area (Å²) in [6, 6.07) is 25.6. The smallest absolute Gasteiger partial charge is 0.145 e. The van der Waals surface area contributed by atoms with E-state index in [2.05, 4.69) is 91.8 Å². The number of imidazole rings is 1. The SMILES string of the molecule is CC(C)c1cccc(C(C)C)c1Cn1c(-c2coc3ccc(-c4ccncc4)cc23)nc2ccccc21. The van der Waals surface area contributed by atoms with Crippen molar-refractivity contribution in [2.75, 3.05) is 0 Å². The second-order valence-corrected chi connectivity index (χ2v) is 10.3. The average molecular weight is 486 g/mol. The Labute approximate surface area is 217 Å². The van der Waals surface area contributed by atoms with Crippen molar-refractivity contribution in [3.8, 4) is 22.5 Å². The molecule has 0 aliphatic carbocycles. The Balaban J connectivity index is 1.57. The zero-order chi connectivity index (χ0) is 25.5. The van der Waals surface area contributed by atoms with E-state index in [0.29, 0.717) is 11.8 Å². The van der Waals surface area contributed by atoms with E-state index in [1.807, 2.05) is 36.9 Å². The number of benzene rings is 3. The highest BCUT2D eigenvalue weighted by Crippen LogP contribution is 2.37. The number of rotatable bonds is 6. The van der Waals surface area contributed by atoms with Crippen molar-refractivity contribution < 1.29 is 4.42 Å². The highest BCUT2D eigenvalue weighted by atomic mass is 16.3. The molecule has 0 radical (unpaired) electrons. The molecule has 4 nitrogen and oxygen atoms in total. The van der Waals surface area contributed by atoms with Gasteiger partial charge in [0.25, 0.3) is 0 Å². The standard InChI is InChI=1S/C33H31N3O/c1-21(2)25-8-7-9-26(22(3)4)28(25)19-36-31-11-6-5-10-30(31)35-33(36)29-20-37-32-13-12-24(18-27(29)32)23-14-16-34-17-15-23/h5-18,20-22H,19H2,1-4H3. The molecule has 0 saturated heterocycles. The van der Waals surface area contributed by atoms with Crippen molar-refractivity contribution >= 4 is 22.0 Å². The van der Waals surface area contributed by atoms with Gasteiger partial charge in [-0.05, 0) is 76.1 Å². The van der Waals surface area contributed by atoms with E-state index in [1.54, 1.807) is 0 Å². The third kappa shape index (κ3) is 4.13. The summed E-state index contributed by atoms with van der Waals surface area (Å²) in [6.45, 7) is 9.87. The van der Waals surface area contributed by atoms with Crippen LogP contribution in [0.3, 0.4) is 0 Å². The number of fused-ring (bicyclic) bond motifs is 2. The number of para-hydroxylation sites is 2. The Morgan fingerprint density at radius 2 is 1.51 bits per heavy atom. The van der Waals surface area contributed by atoms with E-state index in [-0.39, 0.29) is 0 Å². The molecule has 0 unspecified atom stereocenters. The summed E-state index contributed by atoms with van der Waals surface area (Å²) in [7, 11) is 0. The Bertz CT molecular complexity index is 1680. The van der Waals surface area contributed by atoms with Crippen LogP contribution in [-0.2, 0) is 6.54 Å². The molecule has 3 aromatic carbocycles. The molecule has 37 heavy (non-hydrogen) atoms. The molecular formula is C33H31N3O. The molecule has 0 spiro atoms. The maximum Gasteiger partial charge on any atom is 0.145 e. The number of hydrogen-bond donors (Lipinski definition) is 0. The molecular weight excluding hydrogens is 454 g/mol. The van der Waals surface area contributed by atoms with Crippen LogP contribution in [-0.4, -0.2) is 14.5 Å². The lowest BCUT2D eigenvalue weighted by Gasteiger charge is -2.21. The minimum Gasteiger partial charge on any atom is -0.464 e. The van der Waals surface area contributed by atoms with Crippen LogP contribution in [0.1, 0.15) is 56.2 Å². The first-order chi connectivity index (χ1) is 18.0. The molecule has 6 rings (SSSR count). The first-order valence-corrected chi connectivity index (χ1v) is 13.0. The molecule has 6 aromatic rings. The molecule has 0 fully saturated rings. The topological polar surface area (TPSA) is 43.9 Å². The quantitative estimate of drug-likeness (QED) is 0.237. The first kappa shape index (κ1) is 23.2. The van der Waals surface area contributed by atoms with Gasteiger partial charge in [0, 0.05) is 17.8 Å². The van der Waals surface area contributed by atoms with Gasteiger partial charge in [0.1, 0.15) is 17.7 Å². The summed E-state index contributed by atoms with van der Waals surface area (Å²) in [5.74, 6) is 1.80. The molecule has 0 amide bonds. The van der Waals surface area contributed by atoms with Crippen molar-refractivity contribution in [2.24, 2.45) is 0 Å². The van der Waals surface area contributed by atoms with Crippen molar-refractivity contribution in [1.82, 2.24) is 14.5 Å². The molecule has 4 heteroatoms. The van der Waals surface area contributed by atoms with E-state index in [0.717, 1.165) is 51.1 Å². The van der Waals surface area contributed by atoms with Gasteiger partial charge in [-0.25, -0.2) is 4.98 Å². The van der Waals surface area contributed by atoms with Crippen LogP contribution in [0.5, 0.6) is 0 Å². The Morgan fingerprint density at radius 3 is 2.24 bits per heavy atom. The lowest BCUT2D eigenvalue weighted by Crippen LogP contribution is -2.10. The summed E-state index contributed by atoms with van der Waals surface area (Å²) >= 11 is 0. The Morgan fingerprint density at radius 1 is 0.784 bits per heavy atom. The minimum absolute atomic E-state index is 0.435. The van der Waals surface area contributed by atoms with Crippen LogP contribution < -0.4 is 0 Å². The monoisotopic (exact) mass is 485 g/mol. The first-order valence-electron chi connectivity index (χ1n) is 13.0. The number of pyridine rings is 1. The fraction of sp³-hybridized carbons (Fsp3) is 0.212. The van der Waals surface area contributed by atoms with E-state index >= 15 is 0 Å². The van der Waals surface area contributed by atoms with Crippen molar-refractivity contribution in [3.05, 3.63) is 108 Å². The highest BCUT2D eigenvalue weighted by molar-refractivity contribution is 5.96. The summed E-state index contributed by atoms with van der Waals surface area (Å²) in [6.07, 6.45) is 5.51. The molecule has 3 aromatic heterocycles. The van der Waals surface area contributed by atoms with Crippen LogP contribution in [0.15, 0.2) is 95.9 Å².